The normalized spacial score (nSPS) is 13.6. The molecule has 0 radical (unpaired) electrons. The van der Waals surface area contributed by atoms with E-state index in [9.17, 15) is 22.8 Å². The molecule has 0 bridgehead atoms. The van der Waals surface area contributed by atoms with Crippen molar-refractivity contribution in [2.75, 3.05) is 47.0 Å². The van der Waals surface area contributed by atoms with E-state index in [-0.39, 0.29) is 23.5 Å². The van der Waals surface area contributed by atoms with Gasteiger partial charge in [-0.25, -0.2) is 4.98 Å². The van der Waals surface area contributed by atoms with Gasteiger partial charge in [0.05, 0.1) is 11.3 Å². The topological polar surface area (TPSA) is 102 Å². The molecule has 1 saturated heterocycles. The maximum absolute atomic E-state index is 14.1. The fourth-order valence-electron chi connectivity index (χ4n) is 4.11. The molecule has 1 aromatic heterocycles. The Morgan fingerprint density at radius 1 is 1.03 bits per heavy atom. The molecular weight excluding hydrogens is 511 g/mol. The summed E-state index contributed by atoms with van der Waals surface area (Å²) in [5, 5.41) is 8.48. The number of carbonyl (C=O) groups excluding carboxylic acids is 2. The van der Waals surface area contributed by atoms with Crippen molar-refractivity contribution in [2.45, 2.75) is 20.0 Å². The molecule has 2 amide bonds. The highest BCUT2D eigenvalue weighted by Crippen LogP contribution is 2.38. The van der Waals surface area contributed by atoms with Gasteiger partial charge in [0, 0.05) is 61.9 Å². The fraction of sp³-hybridized carbons (Fsp3) is 0.259. The summed E-state index contributed by atoms with van der Waals surface area (Å²) in [5.74, 6) is -0.0493. The van der Waals surface area contributed by atoms with Crippen LogP contribution in [-0.4, -0.2) is 52.9 Å². The fourth-order valence-corrected chi connectivity index (χ4v) is 4.11. The SMILES string of the molecule is C=CC(=O)Nc1cccc(Nc2nc(Nc3ccc(N4CCN(C(C)=O)CC4)cc3C(F)(F)F)ncc2C)c1. The number of hydrogen-bond acceptors (Lipinski definition) is 7. The quantitative estimate of drug-likeness (QED) is 0.360. The molecule has 2 aromatic carbocycles. The lowest BCUT2D eigenvalue weighted by atomic mass is 10.1. The Morgan fingerprint density at radius 2 is 1.74 bits per heavy atom. The predicted octanol–water partition coefficient (Wildman–Crippen LogP) is 5.08. The van der Waals surface area contributed by atoms with Crippen molar-refractivity contribution < 1.29 is 22.8 Å². The third-order valence-corrected chi connectivity index (χ3v) is 6.20. The Kier molecular flexibility index (Phi) is 8.03. The monoisotopic (exact) mass is 539 g/mol. The van der Waals surface area contributed by atoms with E-state index in [0.717, 1.165) is 12.1 Å². The number of benzene rings is 2. The standard InChI is InChI=1S/C27H28F3N7O2/c1-4-24(39)32-19-6-5-7-20(14-19)33-25-17(2)16-31-26(35-25)34-23-9-8-21(15-22(23)27(28,29)30)37-12-10-36(11-13-37)18(3)38/h4-9,14-16H,1,10-13H2,2-3H3,(H,32,39)(H2,31,33,34,35). The molecule has 12 heteroatoms. The maximum atomic E-state index is 14.1. The van der Waals surface area contributed by atoms with Crippen molar-refractivity contribution in [2.24, 2.45) is 0 Å². The molecule has 0 atom stereocenters. The molecule has 4 rings (SSSR count). The van der Waals surface area contributed by atoms with E-state index in [1.165, 1.54) is 19.2 Å². The molecule has 2 heterocycles. The molecule has 3 N–H and O–H groups in total. The highest BCUT2D eigenvalue weighted by atomic mass is 19.4. The minimum absolute atomic E-state index is 0.0208. The second-order valence-corrected chi connectivity index (χ2v) is 8.97. The van der Waals surface area contributed by atoms with Gasteiger partial charge in [0.15, 0.2) is 0 Å². The molecule has 0 saturated carbocycles. The number of alkyl halides is 3. The second kappa shape index (κ2) is 11.4. The zero-order valence-electron chi connectivity index (χ0n) is 21.5. The van der Waals surface area contributed by atoms with Crippen molar-refractivity contribution >= 4 is 46.3 Å². The Bertz CT molecular complexity index is 1390. The first-order valence-corrected chi connectivity index (χ1v) is 12.2. The van der Waals surface area contributed by atoms with E-state index in [1.54, 1.807) is 42.2 Å². The Morgan fingerprint density at radius 3 is 2.41 bits per heavy atom. The van der Waals surface area contributed by atoms with Crippen LogP contribution in [0.5, 0.6) is 0 Å². The van der Waals surface area contributed by atoms with Gasteiger partial charge in [0.25, 0.3) is 0 Å². The second-order valence-electron chi connectivity index (χ2n) is 8.97. The number of piperazine rings is 1. The smallest absolute Gasteiger partial charge is 0.368 e. The molecule has 3 aromatic rings. The van der Waals surface area contributed by atoms with Crippen LogP contribution in [0.2, 0.25) is 0 Å². The van der Waals surface area contributed by atoms with Crippen LogP contribution in [0.15, 0.2) is 61.3 Å². The van der Waals surface area contributed by atoms with Crippen LogP contribution in [-0.2, 0) is 15.8 Å². The Balaban J connectivity index is 1.55. The number of rotatable bonds is 7. The van der Waals surface area contributed by atoms with Crippen LogP contribution in [0.1, 0.15) is 18.1 Å². The van der Waals surface area contributed by atoms with Crippen LogP contribution >= 0.6 is 0 Å². The van der Waals surface area contributed by atoms with Crippen LogP contribution in [0.25, 0.3) is 0 Å². The number of hydrogen-bond donors (Lipinski definition) is 3. The first-order valence-electron chi connectivity index (χ1n) is 12.2. The summed E-state index contributed by atoms with van der Waals surface area (Å²) in [6.45, 7) is 8.45. The van der Waals surface area contributed by atoms with Gasteiger partial charge >= 0.3 is 6.18 Å². The Labute approximate surface area is 223 Å². The molecule has 1 fully saturated rings. The van der Waals surface area contributed by atoms with E-state index >= 15 is 0 Å². The number of amides is 2. The number of anilines is 6. The summed E-state index contributed by atoms with van der Waals surface area (Å²) < 4.78 is 42.2. The summed E-state index contributed by atoms with van der Waals surface area (Å²) in [4.78, 5) is 35.2. The average Bonchev–Trinajstić information content (AvgIpc) is 2.90. The molecule has 0 aliphatic carbocycles. The molecule has 0 spiro atoms. The van der Waals surface area contributed by atoms with E-state index in [2.05, 4.69) is 32.5 Å². The van der Waals surface area contributed by atoms with E-state index < -0.39 is 11.7 Å². The van der Waals surface area contributed by atoms with Gasteiger partial charge in [0.1, 0.15) is 5.82 Å². The minimum Gasteiger partial charge on any atom is -0.368 e. The van der Waals surface area contributed by atoms with Gasteiger partial charge in [-0.3, -0.25) is 9.59 Å². The first-order chi connectivity index (χ1) is 18.5. The van der Waals surface area contributed by atoms with Crippen LogP contribution in [0.4, 0.5) is 47.7 Å². The molecule has 1 aliphatic rings. The maximum Gasteiger partial charge on any atom is 0.418 e. The van der Waals surface area contributed by atoms with Crippen molar-refractivity contribution in [3.63, 3.8) is 0 Å². The van der Waals surface area contributed by atoms with E-state index in [4.69, 9.17) is 0 Å². The van der Waals surface area contributed by atoms with Gasteiger partial charge in [-0.15, -0.1) is 0 Å². The number of nitrogens with one attached hydrogen (secondary N) is 3. The van der Waals surface area contributed by atoms with Crippen molar-refractivity contribution in [3.8, 4) is 0 Å². The lowest BCUT2D eigenvalue weighted by molar-refractivity contribution is -0.137. The van der Waals surface area contributed by atoms with Gasteiger partial charge in [-0.1, -0.05) is 12.6 Å². The number of nitrogens with zero attached hydrogens (tertiary/aromatic N) is 4. The lowest BCUT2D eigenvalue weighted by Gasteiger charge is -2.36. The first kappa shape index (κ1) is 27.4. The van der Waals surface area contributed by atoms with Gasteiger partial charge in [-0.2, -0.15) is 18.2 Å². The molecule has 1 aliphatic heterocycles. The van der Waals surface area contributed by atoms with Gasteiger partial charge in [0.2, 0.25) is 17.8 Å². The van der Waals surface area contributed by atoms with Crippen LogP contribution in [0, 0.1) is 6.92 Å². The van der Waals surface area contributed by atoms with Crippen LogP contribution in [0.3, 0.4) is 0 Å². The van der Waals surface area contributed by atoms with E-state index in [1.807, 2.05) is 4.90 Å². The van der Waals surface area contributed by atoms with E-state index in [0.29, 0.717) is 54.6 Å². The van der Waals surface area contributed by atoms with Crippen molar-refractivity contribution in [3.05, 3.63) is 72.4 Å². The zero-order chi connectivity index (χ0) is 28.2. The summed E-state index contributed by atoms with van der Waals surface area (Å²) in [7, 11) is 0. The average molecular weight is 540 g/mol. The highest BCUT2D eigenvalue weighted by molar-refractivity contribution is 5.99. The summed E-state index contributed by atoms with van der Waals surface area (Å²) in [6, 6.07) is 10.9. The third-order valence-electron chi connectivity index (χ3n) is 6.20. The third kappa shape index (κ3) is 6.83. The van der Waals surface area contributed by atoms with Crippen molar-refractivity contribution in [1.82, 2.24) is 14.9 Å². The predicted molar refractivity (Wildman–Crippen MR) is 145 cm³/mol. The highest BCUT2D eigenvalue weighted by Gasteiger charge is 2.35. The lowest BCUT2D eigenvalue weighted by Crippen LogP contribution is -2.48. The molecule has 9 nitrogen and oxygen atoms in total. The number of halogens is 3. The summed E-state index contributed by atoms with van der Waals surface area (Å²) in [5.41, 5.74) is 1.20. The molecule has 39 heavy (non-hydrogen) atoms. The van der Waals surface area contributed by atoms with Crippen molar-refractivity contribution in [1.29, 1.82) is 0 Å². The summed E-state index contributed by atoms with van der Waals surface area (Å²) in [6.07, 6.45) is -1.97. The summed E-state index contributed by atoms with van der Waals surface area (Å²) >= 11 is 0. The van der Waals surface area contributed by atoms with Crippen LogP contribution < -0.4 is 20.9 Å². The van der Waals surface area contributed by atoms with Gasteiger partial charge < -0.3 is 25.8 Å². The number of aromatic nitrogens is 2. The Hall–Kier alpha value is -4.61. The molecular formula is C27H28F3N7O2. The zero-order valence-corrected chi connectivity index (χ0v) is 21.5. The largest absolute Gasteiger partial charge is 0.418 e. The number of carbonyl (C=O) groups is 2. The number of aryl methyl sites for hydroxylation is 1. The molecule has 204 valence electrons. The minimum atomic E-state index is -4.62. The molecule has 0 unspecified atom stereocenters. The van der Waals surface area contributed by atoms with Gasteiger partial charge in [-0.05, 0) is 49.4 Å².